The van der Waals surface area contributed by atoms with Gasteiger partial charge in [0.15, 0.2) is 0 Å². The third-order valence-electron chi connectivity index (χ3n) is 10.2. The predicted molar refractivity (Wildman–Crippen MR) is 198 cm³/mol. The van der Waals surface area contributed by atoms with Gasteiger partial charge < -0.3 is 9.32 Å². The quantitative estimate of drug-likeness (QED) is 0.194. The molecule has 0 amide bonds. The number of hydrogen-bond acceptors (Lipinski definition) is 2. The molecule has 0 aliphatic heterocycles. The molecule has 1 aliphatic carbocycles. The molecule has 7 aromatic carbocycles. The Morgan fingerprint density at radius 1 is 0.553 bits per heavy atom. The number of anilines is 3. The van der Waals surface area contributed by atoms with Crippen LogP contribution in [0.5, 0.6) is 0 Å². The lowest BCUT2D eigenvalue weighted by molar-refractivity contribution is 0.660. The molecule has 2 nitrogen and oxygen atoms in total. The summed E-state index contributed by atoms with van der Waals surface area (Å²) in [7, 11) is 0. The van der Waals surface area contributed by atoms with Crippen LogP contribution in [0.25, 0.3) is 55.0 Å². The van der Waals surface area contributed by atoms with Gasteiger partial charge in [-0.15, -0.1) is 0 Å². The molecule has 226 valence electrons. The van der Waals surface area contributed by atoms with E-state index in [4.69, 9.17) is 4.42 Å². The molecule has 0 fully saturated rings. The van der Waals surface area contributed by atoms with Crippen LogP contribution in [0.15, 0.2) is 150 Å². The highest BCUT2D eigenvalue weighted by molar-refractivity contribution is 6.20. The van der Waals surface area contributed by atoms with E-state index in [-0.39, 0.29) is 5.41 Å². The molecule has 8 aromatic rings. The second-order valence-electron chi connectivity index (χ2n) is 13.2. The summed E-state index contributed by atoms with van der Waals surface area (Å²) in [6, 6.07) is 53.0. The van der Waals surface area contributed by atoms with E-state index in [0.717, 1.165) is 50.8 Å². The van der Waals surface area contributed by atoms with Gasteiger partial charge in [-0.1, -0.05) is 130 Å². The summed E-state index contributed by atoms with van der Waals surface area (Å²) >= 11 is 0. The highest BCUT2D eigenvalue weighted by atomic mass is 16.3. The van der Waals surface area contributed by atoms with Gasteiger partial charge in [-0.05, 0) is 81.8 Å². The molecule has 0 radical (unpaired) electrons. The van der Waals surface area contributed by atoms with Crippen molar-refractivity contribution in [1.29, 1.82) is 0 Å². The summed E-state index contributed by atoms with van der Waals surface area (Å²) in [6.07, 6.45) is 0.944. The molecule has 0 N–H and O–H groups in total. The summed E-state index contributed by atoms with van der Waals surface area (Å²) in [5, 5.41) is 4.65. The highest BCUT2D eigenvalue weighted by Gasteiger charge is 2.36. The average molecular weight is 606 g/mol. The van der Waals surface area contributed by atoms with E-state index in [1.54, 1.807) is 0 Å². The first-order chi connectivity index (χ1) is 23.0. The Morgan fingerprint density at radius 3 is 2.04 bits per heavy atom. The molecule has 9 rings (SSSR count). The SMILES string of the molecule is CCc1cccc2oc3c4ccccc4c(N(c4ccc(-c5ccccc5)cc4)c4ccc5c(c4)C(C)(C)c4ccccc4-5)cc3c12. The van der Waals surface area contributed by atoms with Gasteiger partial charge >= 0.3 is 0 Å². The van der Waals surface area contributed by atoms with Crippen molar-refractivity contribution in [3.63, 3.8) is 0 Å². The van der Waals surface area contributed by atoms with E-state index in [0.29, 0.717) is 0 Å². The fraction of sp³-hybridized carbons (Fsp3) is 0.111. The number of hydrogen-bond donors (Lipinski definition) is 0. The van der Waals surface area contributed by atoms with E-state index < -0.39 is 0 Å². The minimum absolute atomic E-state index is 0.104. The number of nitrogens with zero attached hydrogens (tertiary/aromatic N) is 1. The number of aryl methyl sites for hydroxylation is 1. The van der Waals surface area contributed by atoms with Gasteiger partial charge in [-0.2, -0.15) is 0 Å². The van der Waals surface area contributed by atoms with E-state index in [1.807, 2.05) is 0 Å². The molecule has 0 atom stereocenters. The molecule has 0 saturated carbocycles. The number of rotatable bonds is 5. The molecule has 47 heavy (non-hydrogen) atoms. The molecule has 1 heterocycles. The summed E-state index contributed by atoms with van der Waals surface area (Å²) in [6.45, 7) is 6.93. The first kappa shape index (κ1) is 27.7. The fourth-order valence-electron chi connectivity index (χ4n) is 7.87. The zero-order valence-electron chi connectivity index (χ0n) is 26.9. The van der Waals surface area contributed by atoms with Crippen molar-refractivity contribution in [1.82, 2.24) is 0 Å². The van der Waals surface area contributed by atoms with Crippen molar-refractivity contribution in [3.05, 3.63) is 162 Å². The molecule has 0 bridgehead atoms. The summed E-state index contributed by atoms with van der Waals surface area (Å²) in [5.41, 5.74) is 14.3. The van der Waals surface area contributed by atoms with Gasteiger partial charge in [-0.3, -0.25) is 0 Å². The van der Waals surface area contributed by atoms with E-state index in [2.05, 4.69) is 171 Å². The van der Waals surface area contributed by atoms with Crippen molar-refractivity contribution >= 4 is 49.8 Å². The Bertz CT molecular complexity index is 2470. The summed E-state index contributed by atoms with van der Waals surface area (Å²) in [4.78, 5) is 2.45. The van der Waals surface area contributed by atoms with Gasteiger partial charge in [0, 0.05) is 38.3 Å². The monoisotopic (exact) mass is 605 g/mol. The van der Waals surface area contributed by atoms with Crippen LogP contribution in [0.1, 0.15) is 37.5 Å². The van der Waals surface area contributed by atoms with Crippen molar-refractivity contribution < 1.29 is 4.42 Å². The van der Waals surface area contributed by atoms with Gasteiger partial charge in [-0.25, -0.2) is 0 Å². The van der Waals surface area contributed by atoms with Crippen molar-refractivity contribution in [2.45, 2.75) is 32.6 Å². The average Bonchev–Trinajstić information content (AvgIpc) is 3.61. The molecule has 1 aliphatic rings. The van der Waals surface area contributed by atoms with E-state index in [9.17, 15) is 0 Å². The smallest absolute Gasteiger partial charge is 0.143 e. The Morgan fingerprint density at radius 2 is 1.23 bits per heavy atom. The van der Waals surface area contributed by atoms with E-state index >= 15 is 0 Å². The lowest BCUT2D eigenvalue weighted by atomic mass is 9.82. The Hall–Kier alpha value is -5.60. The zero-order chi connectivity index (χ0) is 31.7. The van der Waals surface area contributed by atoms with Crippen molar-refractivity contribution in [2.24, 2.45) is 0 Å². The maximum absolute atomic E-state index is 6.62. The third-order valence-corrected chi connectivity index (χ3v) is 10.2. The Balaban J connectivity index is 1.33. The molecular formula is C45H35NO. The first-order valence-corrected chi connectivity index (χ1v) is 16.6. The van der Waals surface area contributed by atoms with Gasteiger partial charge in [0.2, 0.25) is 0 Å². The number of fused-ring (bicyclic) bond motifs is 8. The van der Waals surface area contributed by atoms with Gasteiger partial charge in [0.25, 0.3) is 0 Å². The van der Waals surface area contributed by atoms with Crippen LogP contribution in [0.4, 0.5) is 17.1 Å². The second kappa shape index (κ2) is 10.5. The fourth-order valence-corrected chi connectivity index (χ4v) is 7.87. The third kappa shape index (κ3) is 4.18. The van der Waals surface area contributed by atoms with Crippen LogP contribution >= 0.6 is 0 Å². The number of furan rings is 1. The van der Waals surface area contributed by atoms with Crippen LogP contribution in [-0.2, 0) is 11.8 Å². The van der Waals surface area contributed by atoms with Crippen LogP contribution in [0.2, 0.25) is 0 Å². The van der Waals surface area contributed by atoms with Crippen LogP contribution < -0.4 is 4.90 Å². The van der Waals surface area contributed by atoms with Crippen LogP contribution in [0.3, 0.4) is 0 Å². The second-order valence-corrected chi connectivity index (χ2v) is 13.2. The largest absolute Gasteiger partial charge is 0.455 e. The molecule has 0 saturated heterocycles. The molecule has 0 unspecified atom stereocenters. The predicted octanol–water partition coefficient (Wildman–Crippen LogP) is 12.7. The van der Waals surface area contributed by atoms with Gasteiger partial charge in [0.1, 0.15) is 11.2 Å². The highest BCUT2D eigenvalue weighted by Crippen LogP contribution is 2.51. The number of benzene rings is 7. The minimum Gasteiger partial charge on any atom is -0.455 e. The molecule has 0 spiro atoms. The summed E-state index contributed by atoms with van der Waals surface area (Å²) in [5.74, 6) is 0. The maximum atomic E-state index is 6.62. The van der Waals surface area contributed by atoms with Gasteiger partial charge in [0.05, 0.1) is 5.69 Å². The summed E-state index contributed by atoms with van der Waals surface area (Å²) < 4.78 is 6.62. The molecule has 1 aromatic heterocycles. The lowest BCUT2D eigenvalue weighted by Gasteiger charge is -2.29. The van der Waals surface area contributed by atoms with Crippen molar-refractivity contribution in [3.8, 4) is 22.3 Å². The molecular weight excluding hydrogens is 571 g/mol. The topological polar surface area (TPSA) is 16.4 Å². The maximum Gasteiger partial charge on any atom is 0.143 e. The normalized spacial score (nSPS) is 13.3. The van der Waals surface area contributed by atoms with Crippen molar-refractivity contribution in [2.75, 3.05) is 4.90 Å². The molecule has 2 heteroatoms. The first-order valence-electron chi connectivity index (χ1n) is 16.6. The Labute approximate surface area is 275 Å². The Kier molecular flexibility index (Phi) is 6.17. The van der Waals surface area contributed by atoms with Crippen LogP contribution in [0, 0.1) is 0 Å². The standard InChI is InChI=1S/C45H35NO/c1-4-29-15-12-20-42-43(29)38-28-41(36-17-8-9-18-37(36)44(38)47-42)46(32-23-21-31(22-24-32)30-13-6-5-7-14-30)33-25-26-35-34-16-10-11-19-39(34)45(2,3)40(35)27-33/h5-28H,4H2,1-3H3. The zero-order valence-corrected chi connectivity index (χ0v) is 26.9. The lowest BCUT2D eigenvalue weighted by Crippen LogP contribution is -2.16. The van der Waals surface area contributed by atoms with E-state index in [1.165, 1.54) is 44.3 Å². The minimum atomic E-state index is -0.104. The van der Waals surface area contributed by atoms with Crippen LogP contribution in [-0.4, -0.2) is 0 Å².